The lowest BCUT2D eigenvalue weighted by molar-refractivity contribution is -0.119. The molecule has 14 rings (SSSR count). The van der Waals surface area contributed by atoms with E-state index in [1.54, 1.807) is 86.4 Å². The van der Waals surface area contributed by atoms with Crippen molar-refractivity contribution in [3.8, 4) is 17.1 Å². The molecule has 0 saturated heterocycles. The van der Waals surface area contributed by atoms with Crippen LogP contribution in [0, 0.1) is 44.8 Å². The third-order valence-corrected chi connectivity index (χ3v) is 24.0. The molecule has 0 radical (unpaired) electrons. The Bertz CT molecular complexity index is 6770. The minimum Gasteiger partial charge on any atom is -0.493 e. The van der Waals surface area contributed by atoms with Crippen molar-refractivity contribution in [1.29, 1.82) is 0 Å². The number of carbonyl (C=O) groups is 6. The first-order chi connectivity index (χ1) is 62.9. The summed E-state index contributed by atoms with van der Waals surface area (Å²) in [6.45, 7) is 19.5. The molecule has 2 saturated carbocycles. The number of fused-ring (bicyclic) bond motifs is 3. The maximum Gasteiger partial charge on any atom is 0.283 e. The van der Waals surface area contributed by atoms with E-state index in [4.69, 9.17) is 85.0 Å². The smallest absolute Gasteiger partial charge is 0.283 e. The summed E-state index contributed by atoms with van der Waals surface area (Å²) < 4.78 is 70.4. The molecule has 3 aromatic heterocycles. The average Bonchev–Trinajstić information content (AvgIpc) is 1.54. The summed E-state index contributed by atoms with van der Waals surface area (Å²) in [7, 11) is -6.97. The van der Waals surface area contributed by atoms with E-state index in [2.05, 4.69) is 89.2 Å². The standard InChI is InChI=1S/C19H21FN4.C17H22N6O2.C17H16N6O.C15H19N3O2.C14H16N4O3S.C12H17N3O3S/c1-11-6-7-15(20)10-16(11)14-8-13-5-3-4-12(2)18(13)17(9-14)23-24-19(21)22;1-9-4-5-12(7-10(2)14(24)22-16(18)19)13(6-9)8-11(3)15(25)23-17(20)21;18-17(19)22-16(24)12-9-21-23(15(12)10-6-7-10)14-5-1-4-13-11(14)3-2-8-20-13;1-15(2)11(12(15)13(19)18-14(16)17)9-4-3-5-10-8(9)6-7-20-10;1-9-7-11(18-5-3-4-6-18)12(22(2,20)21)8-10(9)13(19)17-14(15)16;1-7(2)9-5-4-8(11(16)15-12(13)14)6-10(9)19(3,17)18/h3-7,10,14H,8-9H2,1-2H3,(H4,21,22,24);4-8H,1-3H3,(H4,18,19,22,24)(H4,20,21,23,25);1-5,8-10H,6-7H2,(H4,18,19,22,24);3-5,11-12H,6-7H2,1-2H3,(H4,16,17,18,19);3-8H,1-2H3,(H4,15,16,17,19);4-7H,1-3H3,(H4,13,14,15,16)/b23-17+;10-7+,11-8+;;;;/t;;;11-,12+;;/m...1../s1. The Kier molecular flexibility index (Phi) is 33.2. The predicted molar refractivity (Wildman–Crippen MR) is 521 cm³/mol. The number of rotatable bonds is 17. The summed E-state index contributed by atoms with van der Waals surface area (Å²) in [6, 6.07) is 43.4. The molecule has 3 aliphatic carbocycles. The van der Waals surface area contributed by atoms with Gasteiger partial charge in [-0.15, -0.1) is 5.10 Å². The van der Waals surface area contributed by atoms with E-state index in [-0.39, 0.29) is 103 Å². The number of carbonyl (C=O) groups excluding carboxylic acids is 6. The Labute approximate surface area is 774 Å². The number of sulfone groups is 2. The number of hydrogen-bond acceptors (Lipinski definition) is 15. The van der Waals surface area contributed by atoms with Gasteiger partial charge in [-0.1, -0.05) is 100.0 Å². The summed E-state index contributed by atoms with van der Waals surface area (Å²) in [4.78, 5) is 97.6. The van der Waals surface area contributed by atoms with Crippen LogP contribution in [0.15, 0.2) is 231 Å². The normalized spacial score (nSPS) is 15.2. The Morgan fingerprint density at radius 3 is 1.73 bits per heavy atom. The number of aromatic nitrogens is 4. The van der Waals surface area contributed by atoms with Crippen molar-refractivity contribution >= 4 is 126 Å². The van der Waals surface area contributed by atoms with Crippen LogP contribution in [0.25, 0.3) is 34.4 Å². The summed E-state index contributed by atoms with van der Waals surface area (Å²) in [5.74, 6) is -3.72. The number of nitrogens with two attached hydrogens (primary N) is 14. The van der Waals surface area contributed by atoms with Gasteiger partial charge in [0.05, 0.1) is 62.4 Å². The van der Waals surface area contributed by atoms with E-state index in [1.165, 1.54) is 47.2 Å². The highest BCUT2D eigenvalue weighted by molar-refractivity contribution is 7.91. The van der Waals surface area contributed by atoms with Crippen molar-refractivity contribution < 1.29 is 54.7 Å². The van der Waals surface area contributed by atoms with Gasteiger partial charge >= 0.3 is 0 Å². The molecule has 28 N–H and O–H groups in total. The van der Waals surface area contributed by atoms with Gasteiger partial charge in [0.1, 0.15) is 11.6 Å². The SMILES string of the molecule is C/C(=C\c1ccc(C)cc1/C=C(\C)C(=O)N=C(N)N)C(=O)N=C(N)N.CC(C)c1ccc(C(=O)N=C(N)N)cc1S(C)(=O)=O.CC1(C)[C@H](C(=O)N=C(N)N)[C@H]1c1cccc2c1CCO2.Cc1cc(-n2cccc2)c(S(C)(=O)=O)cc1C(=O)N=C(N)N.Cc1ccc(F)cc1C1C/C(=N\N=C(N)N)c2c(C)cccc2C1.NC(N)=NC(=O)c1cnn(-c2cccc3ncccc23)c1C1CC1. The Balaban J connectivity index is 0.000000181. The van der Waals surface area contributed by atoms with E-state index < -0.39 is 49.2 Å². The molecule has 2 fully saturated rings. The van der Waals surface area contributed by atoms with Gasteiger partial charge in [-0.25, -0.2) is 25.9 Å². The molecule has 1 unspecified atom stereocenters. The molecule has 0 spiro atoms. The molecular formula is C94H111FN26O11S2. The van der Waals surface area contributed by atoms with Crippen molar-refractivity contribution in [2.45, 2.75) is 135 Å². The topological polar surface area (TPSA) is 679 Å². The number of amides is 6. The van der Waals surface area contributed by atoms with Crippen molar-refractivity contribution in [3.63, 3.8) is 0 Å². The van der Waals surface area contributed by atoms with Crippen molar-refractivity contribution in [2.24, 2.45) is 132 Å². The van der Waals surface area contributed by atoms with Gasteiger partial charge < -0.3 is 89.6 Å². The van der Waals surface area contributed by atoms with E-state index in [0.717, 1.165) is 111 Å². The van der Waals surface area contributed by atoms with Gasteiger partial charge in [-0.05, 0) is 226 Å². The first-order valence-corrected chi connectivity index (χ1v) is 45.5. The summed E-state index contributed by atoms with van der Waals surface area (Å²) in [5, 5.41) is 13.5. The highest BCUT2D eigenvalue weighted by atomic mass is 32.2. The number of hydrogen-bond donors (Lipinski definition) is 14. The zero-order valence-corrected chi connectivity index (χ0v) is 77.7. The van der Waals surface area contributed by atoms with Gasteiger partial charge in [-0.3, -0.25) is 33.8 Å². The zero-order valence-electron chi connectivity index (χ0n) is 76.1. The second-order valence-electron chi connectivity index (χ2n) is 33.0. The quantitative estimate of drug-likeness (QED) is 0.0180. The van der Waals surface area contributed by atoms with Crippen LogP contribution < -0.4 is 85.0 Å². The Morgan fingerprint density at radius 2 is 1.14 bits per heavy atom. The number of pyridine rings is 1. The minimum absolute atomic E-state index is 0.0250. The van der Waals surface area contributed by atoms with E-state index in [9.17, 15) is 50.0 Å². The lowest BCUT2D eigenvalue weighted by atomic mass is 9.76. The van der Waals surface area contributed by atoms with Crippen molar-refractivity contribution in [1.82, 2.24) is 19.3 Å². The Morgan fingerprint density at radius 1 is 0.552 bits per heavy atom. The largest absolute Gasteiger partial charge is 0.493 e. The van der Waals surface area contributed by atoms with E-state index in [1.807, 2.05) is 105 Å². The fraction of sp³-hybridized carbons (Fsp3) is 0.255. The fourth-order valence-corrected chi connectivity index (χ4v) is 17.4. The molecule has 7 aromatic carbocycles. The molecule has 3 atom stereocenters. The maximum atomic E-state index is 13.7. The molecule has 134 heavy (non-hydrogen) atoms. The first-order valence-electron chi connectivity index (χ1n) is 41.7. The highest BCUT2D eigenvalue weighted by Crippen LogP contribution is 2.66. The number of guanidine groups is 7. The minimum atomic E-state index is -3.54. The van der Waals surface area contributed by atoms with Crippen LogP contribution in [-0.2, 0) is 46.9 Å². The fourth-order valence-electron chi connectivity index (χ4n) is 15.5. The molecule has 10 aromatic rings. The molecule has 702 valence electrons. The molecule has 1 aliphatic heterocycles. The lowest BCUT2D eigenvalue weighted by Gasteiger charge is -2.28. The number of aliphatic imine (C=N–C) groups is 6. The number of halogens is 1. The van der Waals surface area contributed by atoms with Gasteiger partial charge in [0.15, 0.2) is 55.4 Å². The Hall–Kier alpha value is -15.9. The number of benzene rings is 7. The molecule has 0 bridgehead atoms. The lowest BCUT2D eigenvalue weighted by Crippen LogP contribution is -2.25. The molecule has 4 heterocycles. The van der Waals surface area contributed by atoms with Crippen LogP contribution in [0.3, 0.4) is 0 Å². The van der Waals surface area contributed by atoms with Crippen molar-refractivity contribution in [2.75, 3.05) is 19.1 Å². The van der Waals surface area contributed by atoms with Gasteiger partial charge in [0.2, 0.25) is 5.96 Å². The average molecular weight is 1860 g/mol. The number of aryl methyl sites for hydroxylation is 4. The van der Waals surface area contributed by atoms with Crippen LogP contribution in [-0.4, -0.2) is 138 Å². The van der Waals surface area contributed by atoms with Gasteiger partial charge in [0, 0.05) is 88.1 Å². The second kappa shape index (κ2) is 43.7. The molecule has 4 aliphatic rings. The second-order valence-corrected chi connectivity index (χ2v) is 37.0. The van der Waals surface area contributed by atoms with Crippen LogP contribution in [0.1, 0.15) is 188 Å². The molecule has 40 heteroatoms. The van der Waals surface area contributed by atoms with Crippen LogP contribution >= 0.6 is 0 Å². The molecule has 6 amide bonds. The van der Waals surface area contributed by atoms with Gasteiger partial charge in [-0.2, -0.15) is 40.2 Å². The highest BCUT2D eigenvalue weighted by Gasteiger charge is 2.63. The zero-order chi connectivity index (χ0) is 98.9. The van der Waals surface area contributed by atoms with E-state index >= 15 is 0 Å². The number of nitrogens with zero attached hydrogens (tertiary/aromatic N) is 12. The summed E-state index contributed by atoms with van der Waals surface area (Å²) in [6.07, 6.45) is 16.7. The van der Waals surface area contributed by atoms with Gasteiger partial charge in [0.25, 0.3) is 35.4 Å². The number of ether oxygens (including phenoxy) is 1. The van der Waals surface area contributed by atoms with Crippen LogP contribution in [0.2, 0.25) is 0 Å². The predicted octanol–water partition coefficient (Wildman–Crippen LogP) is 7.65. The third kappa shape index (κ3) is 26.7. The van der Waals surface area contributed by atoms with Crippen LogP contribution in [0.4, 0.5) is 4.39 Å². The molecular weight excluding hydrogens is 1750 g/mol. The van der Waals surface area contributed by atoms with E-state index in [0.29, 0.717) is 52.5 Å². The summed E-state index contributed by atoms with van der Waals surface area (Å²) in [5.41, 5.74) is 90.5. The first kappa shape index (κ1) is 102. The maximum absolute atomic E-state index is 13.7. The third-order valence-electron chi connectivity index (χ3n) is 21.7. The molecule has 37 nitrogen and oxygen atoms in total. The summed E-state index contributed by atoms with van der Waals surface area (Å²) >= 11 is 0. The monoisotopic (exact) mass is 1860 g/mol. The van der Waals surface area contributed by atoms with Crippen LogP contribution in [0.5, 0.6) is 5.75 Å². The van der Waals surface area contributed by atoms with Crippen molar-refractivity contribution in [3.05, 3.63) is 276 Å².